The lowest BCUT2D eigenvalue weighted by atomic mass is 10.0. The molecule has 0 saturated carbocycles. The summed E-state index contributed by atoms with van der Waals surface area (Å²) in [6.45, 7) is 4.51. The van der Waals surface area contributed by atoms with Gasteiger partial charge in [-0.3, -0.25) is 4.79 Å². The van der Waals surface area contributed by atoms with Gasteiger partial charge in [0.05, 0.1) is 5.56 Å². The molecule has 0 aliphatic rings. The number of hydrogen-bond donors (Lipinski definition) is 1. The van der Waals surface area contributed by atoms with Gasteiger partial charge in [-0.2, -0.15) is 0 Å². The number of anilines is 1. The van der Waals surface area contributed by atoms with Crippen LogP contribution in [0, 0.1) is 6.92 Å². The van der Waals surface area contributed by atoms with Crippen LogP contribution < -0.4 is 4.90 Å². The summed E-state index contributed by atoms with van der Waals surface area (Å²) in [5, 5.41) is 9.20. The fourth-order valence-corrected chi connectivity index (χ4v) is 2.62. The molecule has 2 aromatic rings. The molecular formula is C19H21NO3. The molecule has 0 unspecified atom stereocenters. The second-order valence-electron chi connectivity index (χ2n) is 5.44. The van der Waals surface area contributed by atoms with E-state index in [1.165, 1.54) is 0 Å². The fraction of sp³-hybridized carbons (Fsp3) is 0.263. The SMILES string of the molecule is CCN(C(=O)CCc1ccccc1C(=O)O)c1cccc(C)c1. The Balaban J connectivity index is 2.11. The number of hydrogen-bond acceptors (Lipinski definition) is 2. The van der Waals surface area contributed by atoms with Crippen molar-refractivity contribution in [2.45, 2.75) is 26.7 Å². The van der Waals surface area contributed by atoms with Gasteiger partial charge in [0.1, 0.15) is 0 Å². The first-order valence-corrected chi connectivity index (χ1v) is 7.71. The molecule has 0 aromatic heterocycles. The Bertz CT molecular complexity index is 709. The molecular weight excluding hydrogens is 290 g/mol. The Hall–Kier alpha value is -2.62. The van der Waals surface area contributed by atoms with Gasteiger partial charge in [0.25, 0.3) is 0 Å². The van der Waals surface area contributed by atoms with Crippen molar-refractivity contribution in [3.8, 4) is 0 Å². The molecule has 0 atom stereocenters. The first-order chi connectivity index (χ1) is 11.0. The second kappa shape index (κ2) is 7.58. The molecule has 1 amide bonds. The molecule has 120 valence electrons. The van der Waals surface area contributed by atoms with Crippen LogP contribution in [0.15, 0.2) is 48.5 Å². The maximum Gasteiger partial charge on any atom is 0.335 e. The van der Waals surface area contributed by atoms with Crippen molar-refractivity contribution in [3.63, 3.8) is 0 Å². The van der Waals surface area contributed by atoms with Crippen LogP contribution in [0.2, 0.25) is 0 Å². The van der Waals surface area contributed by atoms with Gasteiger partial charge in [-0.15, -0.1) is 0 Å². The normalized spacial score (nSPS) is 10.3. The van der Waals surface area contributed by atoms with Gasteiger partial charge >= 0.3 is 5.97 Å². The summed E-state index contributed by atoms with van der Waals surface area (Å²) in [6, 6.07) is 14.6. The van der Waals surface area contributed by atoms with Gasteiger partial charge < -0.3 is 10.0 Å². The number of rotatable bonds is 6. The van der Waals surface area contributed by atoms with Gasteiger partial charge in [0.15, 0.2) is 0 Å². The molecule has 0 fully saturated rings. The lowest BCUT2D eigenvalue weighted by Gasteiger charge is -2.21. The third-order valence-electron chi connectivity index (χ3n) is 3.79. The van der Waals surface area contributed by atoms with E-state index < -0.39 is 5.97 Å². The van der Waals surface area contributed by atoms with E-state index >= 15 is 0 Å². The minimum absolute atomic E-state index is 0.00158. The van der Waals surface area contributed by atoms with Crippen LogP contribution in [0.4, 0.5) is 5.69 Å². The smallest absolute Gasteiger partial charge is 0.335 e. The number of carbonyl (C=O) groups is 2. The van der Waals surface area contributed by atoms with Crippen molar-refractivity contribution in [1.82, 2.24) is 0 Å². The molecule has 4 heteroatoms. The lowest BCUT2D eigenvalue weighted by molar-refractivity contribution is -0.118. The summed E-state index contributed by atoms with van der Waals surface area (Å²) in [5.41, 5.74) is 2.93. The largest absolute Gasteiger partial charge is 0.478 e. The van der Waals surface area contributed by atoms with Crippen molar-refractivity contribution in [3.05, 3.63) is 65.2 Å². The van der Waals surface area contributed by atoms with Crippen molar-refractivity contribution < 1.29 is 14.7 Å². The molecule has 23 heavy (non-hydrogen) atoms. The first-order valence-electron chi connectivity index (χ1n) is 7.71. The average Bonchev–Trinajstić information content (AvgIpc) is 2.54. The summed E-state index contributed by atoms with van der Waals surface area (Å²) in [6.07, 6.45) is 0.704. The number of aromatic carboxylic acids is 1. The van der Waals surface area contributed by atoms with E-state index in [0.29, 0.717) is 18.5 Å². The molecule has 0 aliphatic carbocycles. The second-order valence-corrected chi connectivity index (χ2v) is 5.44. The minimum atomic E-state index is -0.959. The van der Waals surface area contributed by atoms with E-state index in [0.717, 1.165) is 11.3 Å². The number of amides is 1. The highest BCUT2D eigenvalue weighted by atomic mass is 16.4. The van der Waals surface area contributed by atoms with Crippen LogP contribution >= 0.6 is 0 Å². The molecule has 0 radical (unpaired) electrons. The zero-order valence-electron chi connectivity index (χ0n) is 13.5. The molecule has 0 bridgehead atoms. The Morgan fingerprint density at radius 3 is 2.48 bits per heavy atom. The van der Waals surface area contributed by atoms with Crippen molar-refractivity contribution >= 4 is 17.6 Å². The third-order valence-corrected chi connectivity index (χ3v) is 3.79. The maximum atomic E-state index is 12.5. The number of carboxylic acids is 1. The molecule has 1 N–H and O–H groups in total. The molecule has 0 spiro atoms. The lowest BCUT2D eigenvalue weighted by Crippen LogP contribution is -2.30. The quantitative estimate of drug-likeness (QED) is 0.885. The predicted octanol–water partition coefficient (Wildman–Crippen LogP) is 3.68. The number of carbonyl (C=O) groups excluding carboxylic acids is 1. The van der Waals surface area contributed by atoms with Crippen LogP contribution in [0.3, 0.4) is 0 Å². The van der Waals surface area contributed by atoms with E-state index in [1.807, 2.05) is 38.1 Å². The van der Waals surface area contributed by atoms with Crippen molar-refractivity contribution in [2.24, 2.45) is 0 Å². The predicted molar refractivity (Wildman–Crippen MR) is 90.9 cm³/mol. The number of aryl methyl sites for hydroxylation is 2. The average molecular weight is 311 g/mol. The topological polar surface area (TPSA) is 57.6 Å². The fourth-order valence-electron chi connectivity index (χ4n) is 2.62. The summed E-state index contributed by atoms with van der Waals surface area (Å²) >= 11 is 0. The Morgan fingerprint density at radius 1 is 1.09 bits per heavy atom. The number of benzene rings is 2. The minimum Gasteiger partial charge on any atom is -0.478 e. The molecule has 4 nitrogen and oxygen atoms in total. The van der Waals surface area contributed by atoms with Crippen LogP contribution in [-0.4, -0.2) is 23.5 Å². The Labute approximate surface area is 136 Å². The van der Waals surface area contributed by atoms with Gasteiger partial charge in [0.2, 0.25) is 5.91 Å². The van der Waals surface area contributed by atoms with Crippen molar-refractivity contribution in [1.29, 1.82) is 0 Å². The molecule has 0 saturated heterocycles. The molecule has 0 aliphatic heterocycles. The van der Waals surface area contributed by atoms with E-state index in [4.69, 9.17) is 0 Å². The van der Waals surface area contributed by atoms with Gasteiger partial charge in [-0.05, 0) is 49.6 Å². The summed E-state index contributed by atoms with van der Waals surface area (Å²) < 4.78 is 0. The molecule has 2 rings (SSSR count). The van der Waals surface area contributed by atoms with E-state index in [9.17, 15) is 14.7 Å². The third kappa shape index (κ3) is 4.19. The van der Waals surface area contributed by atoms with Crippen molar-refractivity contribution in [2.75, 3.05) is 11.4 Å². The van der Waals surface area contributed by atoms with E-state index in [-0.39, 0.29) is 17.9 Å². The molecule has 0 heterocycles. The van der Waals surface area contributed by atoms with Crippen LogP contribution in [0.1, 0.15) is 34.8 Å². The number of carboxylic acid groups (broad SMARTS) is 1. The summed E-state index contributed by atoms with van der Waals surface area (Å²) in [7, 11) is 0. The highest BCUT2D eigenvalue weighted by Gasteiger charge is 2.16. The maximum absolute atomic E-state index is 12.5. The monoisotopic (exact) mass is 311 g/mol. The van der Waals surface area contributed by atoms with Gasteiger partial charge in [-0.1, -0.05) is 30.3 Å². The zero-order chi connectivity index (χ0) is 16.8. The van der Waals surface area contributed by atoms with Crippen LogP contribution in [-0.2, 0) is 11.2 Å². The Morgan fingerprint density at radius 2 is 1.83 bits per heavy atom. The van der Waals surface area contributed by atoms with Crippen LogP contribution in [0.25, 0.3) is 0 Å². The highest BCUT2D eigenvalue weighted by molar-refractivity contribution is 5.94. The van der Waals surface area contributed by atoms with Gasteiger partial charge in [0, 0.05) is 18.7 Å². The van der Waals surface area contributed by atoms with Gasteiger partial charge in [-0.25, -0.2) is 4.79 Å². The standard InChI is InChI=1S/C19H21NO3/c1-3-20(16-9-6-7-14(2)13-16)18(21)12-11-15-8-4-5-10-17(15)19(22)23/h4-10,13H,3,11-12H2,1-2H3,(H,22,23). The molecule has 2 aromatic carbocycles. The first kappa shape index (κ1) is 16.7. The summed E-state index contributed by atoms with van der Waals surface area (Å²) in [5.74, 6) is -0.961. The zero-order valence-corrected chi connectivity index (χ0v) is 13.5. The highest BCUT2D eigenvalue weighted by Crippen LogP contribution is 2.18. The summed E-state index contributed by atoms with van der Waals surface area (Å²) in [4.78, 5) is 25.5. The number of nitrogens with zero attached hydrogens (tertiary/aromatic N) is 1. The van der Waals surface area contributed by atoms with Crippen LogP contribution in [0.5, 0.6) is 0 Å². The Kier molecular flexibility index (Phi) is 5.52. The van der Waals surface area contributed by atoms with E-state index in [1.54, 1.807) is 29.2 Å². The van der Waals surface area contributed by atoms with E-state index in [2.05, 4.69) is 0 Å².